The number of carbonyl (C=O) groups excluding carboxylic acids is 1. The van der Waals surface area contributed by atoms with Gasteiger partial charge in [-0.3, -0.25) is 4.79 Å². The topological polar surface area (TPSA) is 47.6 Å². The Labute approximate surface area is 185 Å². The molecule has 1 amide bonds. The first-order valence-electron chi connectivity index (χ1n) is 10.7. The molecule has 0 saturated heterocycles. The Morgan fingerprint density at radius 2 is 1.61 bits per heavy atom. The van der Waals surface area contributed by atoms with Crippen molar-refractivity contribution in [2.45, 2.75) is 45.6 Å². The molecule has 4 nitrogen and oxygen atoms in total. The summed E-state index contributed by atoms with van der Waals surface area (Å²) in [5, 5.41) is 2.90. The molecule has 3 aromatic rings. The summed E-state index contributed by atoms with van der Waals surface area (Å²) in [4.78, 5) is 12.6. The summed E-state index contributed by atoms with van der Waals surface area (Å²) >= 11 is 0. The third kappa shape index (κ3) is 6.88. The lowest BCUT2D eigenvalue weighted by atomic mass is 9.87. The van der Waals surface area contributed by atoms with Crippen molar-refractivity contribution in [3.8, 4) is 11.5 Å². The molecule has 0 fully saturated rings. The molecular formula is C27H31NO3. The molecule has 0 spiro atoms. The Kier molecular flexibility index (Phi) is 7.35. The van der Waals surface area contributed by atoms with Gasteiger partial charge in [-0.2, -0.15) is 0 Å². The van der Waals surface area contributed by atoms with Gasteiger partial charge in [-0.15, -0.1) is 0 Å². The summed E-state index contributed by atoms with van der Waals surface area (Å²) in [5.74, 6) is 1.19. The van der Waals surface area contributed by atoms with Gasteiger partial charge in [0.05, 0.1) is 6.61 Å². The summed E-state index contributed by atoms with van der Waals surface area (Å²) in [7, 11) is 0. The van der Waals surface area contributed by atoms with Crippen molar-refractivity contribution < 1.29 is 14.3 Å². The Morgan fingerprint density at radius 1 is 0.903 bits per heavy atom. The largest absolute Gasteiger partial charge is 0.493 e. The van der Waals surface area contributed by atoms with E-state index in [0.717, 1.165) is 12.2 Å². The predicted octanol–water partition coefficient (Wildman–Crippen LogP) is 6.01. The molecule has 0 aliphatic carbocycles. The zero-order valence-electron chi connectivity index (χ0n) is 18.7. The van der Waals surface area contributed by atoms with Gasteiger partial charge in [-0.05, 0) is 47.7 Å². The Hall–Kier alpha value is -3.27. The van der Waals surface area contributed by atoms with Gasteiger partial charge in [0.15, 0.2) is 6.10 Å². The fraction of sp³-hybridized carbons (Fsp3) is 0.296. The molecule has 0 aliphatic heterocycles. The fourth-order valence-corrected chi connectivity index (χ4v) is 3.13. The summed E-state index contributed by atoms with van der Waals surface area (Å²) in [6.45, 7) is 8.81. The summed E-state index contributed by atoms with van der Waals surface area (Å²) in [6.07, 6.45) is 0.208. The minimum atomic E-state index is -0.622. The summed E-state index contributed by atoms with van der Waals surface area (Å²) < 4.78 is 11.7. The van der Waals surface area contributed by atoms with E-state index in [2.05, 4.69) is 38.2 Å². The second-order valence-corrected chi connectivity index (χ2v) is 8.64. The number of carbonyl (C=O) groups is 1. The second kappa shape index (κ2) is 10.2. The molecule has 1 unspecified atom stereocenters. The highest BCUT2D eigenvalue weighted by Crippen LogP contribution is 2.25. The summed E-state index contributed by atoms with van der Waals surface area (Å²) in [6, 6.07) is 25.5. The van der Waals surface area contributed by atoms with Gasteiger partial charge in [0.1, 0.15) is 11.5 Å². The number of hydrogen-bond acceptors (Lipinski definition) is 3. The van der Waals surface area contributed by atoms with Gasteiger partial charge in [0, 0.05) is 18.2 Å². The van der Waals surface area contributed by atoms with E-state index in [1.807, 2.05) is 66.7 Å². The van der Waals surface area contributed by atoms with Crippen LogP contribution < -0.4 is 14.8 Å². The van der Waals surface area contributed by atoms with Crippen LogP contribution in [0.15, 0.2) is 78.9 Å². The predicted molar refractivity (Wildman–Crippen MR) is 126 cm³/mol. The first kappa shape index (κ1) is 22.4. The quantitative estimate of drug-likeness (QED) is 0.488. The monoisotopic (exact) mass is 417 g/mol. The van der Waals surface area contributed by atoms with Gasteiger partial charge in [-0.25, -0.2) is 0 Å². The molecule has 1 N–H and O–H groups in total. The van der Waals surface area contributed by atoms with Crippen LogP contribution in [0.2, 0.25) is 0 Å². The number of hydrogen-bond donors (Lipinski definition) is 1. The van der Waals surface area contributed by atoms with Gasteiger partial charge in [0.2, 0.25) is 0 Å². The molecular weight excluding hydrogens is 386 g/mol. The van der Waals surface area contributed by atoms with E-state index >= 15 is 0 Å². The van der Waals surface area contributed by atoms with E-state index in [9.17, 15) is 4.79 Å². The van der Waals surface area contributed by atoms with Gasteiger partial charge >= 0.3 is 0 Å². The van der Waals surface area contributed by atoms with Crippen LogP contribution in [0, 0.1) is 0 Å². The number of rotatable bonds is 8. The molecule has 0 saturated carbocycles. The zero-order chi connectivity index (χ0) is 22.3. The Balaban J connectivity index is 1.51. The highest BCUT2D eigenvalue weighted by molar-refractivity contribution is 5.94. The lowest BCUT2D eigenvalue weighted by Gasteiger charge is -2.20. The molecule has 3 aromatic carbocycles. The van der Waals surface area contributed by atoms with Crippen molar-refractivity contribution in [3.63, 3.8) is 0 Å². The molecule has 0 bridgehead atoms. The lowest BCUT2D eigenvalue weighted by molar-refractivity contribution is -0.122. The molecule has 0 aliphatic rings. The summed E-state index contributed by atoms with van der Waals surface area (Å²) in [5.41, 5.74) is 3.21. The van der Waals surface area contributed by atoms with Crippen LogP contribution in [-0.4, -0.2) is 18.6 Å². The van der Waals surface area contributed by atoms with Gasteiger partial charge < -0.3 is 14.8 Å². The van der Waals surface area contributed by atoms with E-state index in [4.69, 9.17) is 9.47 Å². The molecule has 0 heterocycles. The Morgan fingerprint density at radius 3 is 2.29 bits per heavy atom. The SMILES string of the molecule is CC(Oc1ccc(C(C)(C)C)cc1)C(=O)Nc1cccc(OCCc2ccccc2)c1. The number of amides is 1. The lowest BCUT2D eigenvalue weighted by Crippen LogP contribution is -2.30. The van der Waals surface area contributed by atoms with Gasteiger partial charge in [0.25, 0.3) is 5.91 Å². The molecule has 31 heavy (non-hydrogen) atoms. The van der Waals surface area contributed by atoms with Crippen molar-refractivity contribution in [1.29, 1.82) is 0 Å². The van der Waals surface area contributed by atoms with Crippen LogP contribution in [0.3, 0.4) is 0 Å². The number of nitrogens with one attached hydrogen (secondary N) is 1. The third-order valence-electron chi connectivity index (χ3n) is 5.01. The number of benzene rings is 3. The van der Waals surface area contributed by atoms with Crippen molar-refractivity contribution in [1.82, 2.24) is 0 Å². The smallest absolute Gasteiger partial charge is 0.265 e. The average molecular weight is 418 g/mol. The van der Waals surface area contributed by atoms with Crippen LogP contribution in [0.1, 0.15) is 38.8 Å². The minimum absolute atomic E-state index is 0.0791. The van der Waals surface area contributed by atoms with E-state index in [1.165, 1.54) is 11.1 Å². The van der Waals surface area contributed by atoms with Crippen LogP contribution in [0.5, 0.6) is 11.5 Å². The van der Waals surface area contributed by atoms with Crippen molar-refractivity contribution in [2.24, 2.45) is 0 Å². The molecule has 0 radical (unpaired) electrons. The first-order valence-corrected chi connectivity index (χ1v) is 10.7. The number of ether oxygens (including phenoxy) is 2. The normalized spacial score (nSPS) is 12.1. The van der Waals surface area contributed by atoms with Gasteiger partial charge in [-0.1, -0.05) is 69.3 Å². The Bertz CT molecular complexity index is 975. The standard InChI is InChI=1S/C27H31NO3/c1-20(31-24-15-13-22(14-16-24)27(2,3)4)26(29)28-23-11-8-12-25(19-23)30-18-17-21-9-6-5-7-10-21/h5-16,19-20H,17-18H2,1-4H3,(H,28,29). The first-order chi connectivity index (χ1) is 14.8. The number of anilines is 1. The van der Waals surface area contributed by atoms with E-state index < -0.39 is 6.10 Å². The maximum absolute atomic E-state index is 12.6. The molecule has 3 rings (SSSR count). The van der Waals surface area contributed by atoms with Crippen LogP contribution in [-0.2, 0) is 16.6 Å². The molecule has 4 heteroatoms. The van der Waals surface area contributed by atoms with E-state index in [-0.39, 0.29) is 11.3 Å². The highest BCUT2D eigenvalue weighted by Gasteiger charge is 2.17. The minimum Gasteiger partial charge on any atom is -0.493 e. The average Bonchev–Trinajstić information content (AvgIpc) is 2.74. The highest BCUT2D eigenvalue weighted by atomic mass is 16.5. The molecule has 0 aromatic heterocycles. The van der Waals surface area contributed by atoms with Crippen molar-refractivity contribution in [3.05, 3.63) is 90.0 Å². The van der Waals surface area contributed by atoms with Crippen molar-refractivity contribution >= 4 is 11.6 Å². The van der Waals surface area contributed by atoms with Crippen molar-refractivity contribution in [2.75, 3.05) is 11.9 Å². The van der Waals surface area contributed by atoms with E-state index in [0.29, 0.717) is 18.0 Å². The van der Waals surface area contributed by atoms with Crippen LogP contribution >= 0.6 is 0 Å². The van der Waals surface area contributed by atoms with E-state index in [1.54, 1.807) is 6.92 Å². The van der Waals surface area contributed by atoms with Crippen LogP contribution in [0.25, 0.3) is 0 Å². The van der Waals surface area contributed by atoms with Crippen LogP contribution in [0.4, 0.5) is 5.69 Å². The maximum atomic E-state index is 12.6. The third-order valence-corrected chi connectivity index (χ3v) is 5.01. The zero-order valence-corrected chi connectivity index (χ0v) is 18.7. The second-order valence-electron chi connectivity index (χ2n) is 8.64. The molecule has 162 valence electrons. The molecule has 1 atom stereocenters. The fourth-order valence-electron chi connectivity index (χ4n) is 3.13. The maximum Gasteiger partial charge on any atom is 0.265 e.